The van der Waals surface area contributed by atoms with E-state index in [0.29, 0.717) is 25.9 Å². The Hall–Kier alpha value is -2.90. The summed E-state index contributed by atoms with van der Waals surface area (Å²) >= 11 is 0. The number of amides is 4. The number of nitrogens with two attached hydrogens (primary N) is 1. The van der Waals surface area contributed by atoms with Gasteiger partial charge in [-0.25, -0.2) is 24.3 Å². The Balaban J connectivity index is 0.00000150. The van der Waals surface area contributed by atoms with Gasteiger partial charge in [0, 0.05) is 45.3 Å². The van der Waals surface area contributed by atoms with E-state index in [9.17, 15) is 19.2 Å². The number of carbonyl (C=O) groups is 4. The third-order valence-corrected chi connectivity index (χ3v) is 4.43. The van der Waals surface area contributed by atoms with Gasteiger partial charge in [0.2, 0.25) is 23.6 Å². The van der Waals surface area contributed by atoms with E-state index in [0.717, 1.165) is 12.8 Å². The number of rotatable bonds is 14. The van der Waals surface area contributed by atoms with Crippen LogP contribution in [0.15, 0.2) is 54.6 Å². The molecule has 0 aliphatic carbocycles. The standard InChI is InChI=1S/C19H29N4O4.C5H5.Fe/c20-16(24)10-13-22-18(26)9-4-12-21-19(27)11-14-23-17(25)8-3-7-15-5-1-2-6-15;1-2-4-5-3-1;/h1-2,5-6H,3-4,7-14H2,(H2,20,24)(H,21,27)(H,22,26)(H,23,25);1-5H;/q2*-1;+2. The number of hydrogen-bond acceptors (Lipinski definition) is 4. The van der Waals surface area contributed by atoms with Gasteiger partial charge in [-0.3, -0.25) is 19.2 Å². The summed E-state index contributed by atoms with van der Waals surface area (Å²) in [6.45, 7) is 0.914. The summed E-state index contributed by atoms with van der Waals surface area (Å²) in [5.41, 5.74) is 6.20. The minimum absolute atomic E-state index is 0. The minimum atomic E-state index is -0.461. The van der Waals surface area contributed by atoms with Crippen LogP contribution in [0.25, 0.3) is 0 Å². The molecule has 0 unspecified atom stereocenters. The smallest absolute Gasteiger partial charge is 0.370 e. The Kier molecular flexibility index (Phi) is 18.0. The summed E-state index contributed by atoms with van der Waals surface area (Å²) in [5, 5.41) is 8.01. The Morgan fingerprint density at radius 3 is 1.85 bits per heavy atom. The quantitative estimate of drug-likeness (QED) is 0.179. The number of nitrogens with one attached hydrogen (secondary N) is 3. The second-order valence-corrected chi connectivity index (χ2v) is 7.23. The topological polar surface area (TPSA) is 130 Å². The molecular weight excluding hydrogens is 464 g/mol. The van der Waals surface area contributed by atoms with Crippen molar-refractivity contribution in [2.45, 2.75) is 44.9 Å². The summed E-state index contributed by atoms with van der Waals surface area (Å²) in [5.74, 6) is -0.862. The zero-order valence-corrected chi connectivity index (χ0v) is 19.9. The van der Waals surface area contributed by atoms with Crippen LogP contribution in [-0.2, 0) is 42.7 Å². The molecular formula is C24H34FeN4O4. The van der Waals surface area contributed by atoms with E-state index in [4.69, 9.17) is 5.73 Å². The molecule has 0 saturated heterocycles. The van der Waals surface area contributed by atoms with Crippen LogP contribution < -0.4 is 21.7 Å². The second-order valence-electron chi connectivity index (χ2n) is 7.23. The van der Waals surface area contributed by atoms with Crippen LogP contribution >= 0.6 is 0 Å². The van der Waals surface area contributed by atoms with Gasteiger partial charge in [0.15, 0.2) is 0 Å². The second kappa shape index (κ2) is 19.8. The van der Waals surface area contributed by atoms with Crippen molar-refractivity contribution < 1.29 is 36.2 Å². The van der Waals surface area contributed by atoms with Crippen LogP contribution in [0.1, 0.15) is 44.1 Å². The number of aryl methyl sites for hydroxylation is 1. The van der Waals surface area contributed by atoms with Gasteiger partial charge in [-0.05, 0) is 12.8 Å². The predicted octanol–water partition coefficient (Wildman–Crippen LogP) is 1.53. The molecule has 9 heteroatoms. The van der Waals surface area contributed by atoms with Crippen LogP contribution in [-0.4, -0.2) is 43.3 Å². The molecule has 2 aromatic rings. The number of carbonyl (C=O) groups excluding carboxylic acids is 4. The van der Waals surface area contributed by atoms with E-state index >= 15 is 0 Å². The Morgan fingerprint density at radius 1 is 0.727 bits per heavy atom. The third-order valence-electron chi connectivity index (χ3n) is 4.43. The van der Waals surface area contributed by atoms with Crippen molar-refractivity contribution >= 4 is 23.6 Å². The van der Waals surface area contributed by atoms with Crippen LogP contribution in [0.3, 0.4) is 0 Å². The van der Waals surface area contributed by atoms with Crippen molar-refractivity contribution in [2.75, 3.05) is 19.6 Å². The first-order valence-corrected chi connectivity index (χ1v) is 10.9. The molecule has 8 nitrogen and oxygen atoms in total. The largest absolute Gasteiger partial charge is 2.00 e. The summed E-state index contributed by atoms with van der Waals surface area (Å²) in [4.78, 5) is 45.4. The molecule has 0 heterocycles. The van der Waals surface area contributed by atoms with Crippen molar-refractivity contribution in [3.05, 3.63) is 60.2 Å². The normalized spacial score (nSPS) is 9.58. The molecule has 0 saturated carbocycles. The zero-order valence-electron chi connectivity index (χ0n) is 18.8. The third kappa shape index (κ3) is 18.4. The van der Waals surface area contributed by atoms with Crippen molar-refractivity contribution in [2.24, 2.45) is 5.73 Å². The monoisotopic (exact) mass is 498 g/mol. The van der Waals surface area contributed by atoms with Gasteiger partial charge < -0.3 is 21.7 Å². The fraction of sp³-hybridized carbons (Fsp3) is 0.417. The summed E-state index contributed by atoms with van der Waals surface area (Å²) < 4.78 is 0. The molecule has 5 N–H and O–H groups in total. The van der Waals surface area contributed by atoms with Crippen LogP contribution in [0, 0.1) is 0 Å². The van der Waals surface area contributed by atoms with E-state index in [-0.39, 0.29) is 60.6 Å². The van der Waals surface area contributed by atoms with Crippen molar-refractivity contribution in [1.29, 1.82) is 0 Å². The zero-order chi connectivity index (χ0) is 23.4. The van der Waals surface area contributed by atoms with E-state index in [1.165, 1.54) is 5.56 Å². The summed E-state index contributed by atoms with van der Waals surface area (Å²) in [6.07, 6.45) is 3.18. The maximum absolute atomic E-state index is 11.7. The minimum Gasteiger partial charge on any atom is -0.370 e. The number of hydrogen-bond donors (Lipinski definition) is 4. The van der Waals surface area contributed by atoms with E-state index in [1.807, 2.05) is 54.6 Å². The average Bonchev–Trinajstić information content (AvgIpc) is 3.48. The van der Waals surface area contributed by atoms with Crippen molar-refractivity contribution in [3.63, 3.8) is 0 Å². The molecule has 4 amide bonds. The van der Waals surface area contributed by atoms with E-state index < -0.39 is 5.91 Å². The Bertz CT molecular complexity index is 759. The first kappa shape index (κ1) is 30.1. The van der Waals surface area contributed by atoms with Gasteiger partial charge in [-0.2, -0.15) is 35.9 Å². The van der Waals surface area contributed by atoms with Crippen LogP contribution in [0.2, 0.25) is 0 Å². The maximum atomic E-state index is 11.7. The van der Waals surface area contributed by atoms with Gasteiger partial charge >= 0.3 is 17.1 Å². The Morgan fingerprint density at radius 2 is 1.30 bits per heavy atom. The number of primary amides is 1. The van der Waals surface area contributed by atoms with Crippen LogP contribution in [0.4, 0.5) is 0 Å². The molecule has 2 rings (SSSR count). The fourth-order valence-corrected chi connectivity index (χ4v) is 2.74. The fourth-order valence-electron chi connectivity index (χ4n) is 2.74. The van der Waals surface area contributed by atoms with Crippen molar-refractivity contribution in [3.8, 4) is 0 Å². The van der Waals surface area contributed by atoms with Gasteiger partial charge in [0.05, 0.1) is 0 Å². The first-order chi connectivity index (χ1) is 15.5. The summed E-state index contributed by atoms with van der Waals surface area (Å²) in [7, 11) is 0. The Labute approximate surface area is 206 Å². The van der Waals surface area contributed by atoms with Crippen molar-refractivity contribution in [1.82, 2.24) is 16.0 Å². The van der Waals surface area contributed by atoms with E-state index in [2.05, 4.69) is 16.0 Å². The molecule has 0 aliphatic rings. The van der Waals surface area contributed by atoms with Gasteiger partial charge in [-0.1, -0.05) is 6.42 Å². The SMILES string of the molecule is NC(=O)CCNC(=O)CCCNC(=O)CCNC(=O)CCCc1ccc[cH-]1.[Fe+2].c1cc[cH-]c1. The molecule has 33 heavy (non-hydrogen) atoms. The first-order valence-electron chi connectivity index (χ1n) is 10.9. The average molecular weight is 498 g/mol. The van der Waals surface area contributed by atoms with Crippen LogP contribution in [0.5, 0.6) is 0 Å². The molecule has 0 atom stereocenters. The maximum Gasteiger partial charge on any atom is 2.00 e. The molecule has 0 aliphatic heterocycles. The van der Waals surface area contributed by atoms with Gasteiger partial charge in [0.25, 0.3) is 0 Å². The molecule has 0 spiro atoms. The predicted molar refractivity (Wildman–Crippen MR) is 124 cm³/mol. The molecule has 2 aromatic carbocycles. The van der Waals surface area contributed by atoms with Gasteiger partial charge in [-0.15, -0.1) is 0 Å². The molecule has 182 valence electrons. The molecule has 0 radical (unpaired) electrons. The van der Waals surface area contributed by atoms with E-state index in [1.54, 1.807) is 0 Å². The van der Waals surface area contributed by atoms with Gasteiger partial charge in [0.1, 0.15) is 0 Å². The summed E-state index contributed by atoms with van der Waals surface area (Å²) in [6, 6.07) is 18.0. The molecule has 0 bridgehead atoms. The molecule has 0 aromatic heterocycles. The molecule has 0 fully saturated rings.